The minimum atomic E-state index is -0.266. The fourth-order valence-corrected chi connectivity index (χ4v) is 3.64. The smallest absolute Gasteiger partial charge is 0.257 e. The van der Waals surface area contributed by atoms with Crippen LogP contribution in [0.3, 0.4) is 0 Å². The number of benzene rings is 2. The first-order valence-corrected chi connectivity index (χ1v) is 11.3. The van der Waals surface area contributed by atoms with Gasteiger partial charge in [0.15, 0.2) is 5.65 Å². The maximum atomic E-state index is 13.1. The van der Waals surface area contributed by atoms with Gasteiger partial charge in [-0.25, -0.2) is 9.97 Å². The molecule has 2 heterocycles. The van der Waals surface area contributed by atoms with E-state index in [0.717, 1.165) is 12.0 Å². The summed E-state index contributed by atoms with van der Waals surface area (Å²) in [6.45, 7) is 9.12. The van der Waals surface area contributed by atoms with Gasteiger partial charge in [-0.3, -0.25) is 4.79 Å². The van der Waals surface area contributed by atoms with E-state index >= 15 is 0 Å². The molecule has 33 heavy (non-hydrogen) atoms. The molecule has 0 fully saturated rings. The molecule has 0 aliphatic heterocycles. The maximum Gasteiger partial charge on any atom is 0.257 e. The molecule has 0 aliphatic rings. The van der Waals surface area contributed by atoms with E-state index < -0.39 is 0 Å². The summed E-state index contributed by atoms with van der Waals surface area (Å²) < 4.78 is 1.50. The van der Waals surface area contributed by atoms with Crippen molar-refractivity contribution in [1.82, 2.24) is 20.0 Å². The highest BCUT2D eigenvalue weighted by atomic mass is 16.1. The van der Waals surface area contributed by atoms with Crippen LogP contribution >= 0.6 is 0 Å². The molecule has 7 heteroatoms. The third-order valence-electron chi connectivity index (χ3n) is 5.63. The highest BCUT2D eigenvalue weighted by molar-refractivity contribution is 6.10. The molecule has 0 saturated heterocycles. The Morgan fingerprint density at radius 1 is 1.06 bits per heavy atom. The quantitative estimate of drug-likeness (QED) is 0.396. The summed E-state index contributed by atoms with van der Waals surface area (Å²) >= 11 is 0. The highest BCUT2D eigenvalue weighted by Gasteiger charge is 2.24. The van der Waals surface area contributed by atoms with Gasteiger partial charge in [0, 0.05) is 6.54 Å². The lowest BCUT2D eigenvalue weighted by molar-refractivity contribution is 0.0954. The van der Waals surface area contributed by atoms with Crippen LogP contribution in [0.25, 0.3) is 22.2 Å². The fraction of sp³-hybridized carbons (Fsp3) is 0.308. The molecule has 2 aromatic carbocycles. The van der Waals surface area contributed by atoms with Gasteiger partial charge in [0.25, 0.3) is 5.91 Å². The Morgan fingerprint density at radius 2 is 1.73 bits per heavy atom. The van der Waals surface area contributed by atoms with E-state index in [4.69, 9.17) is 15.7 Å². The van der Waals surface area contributed by atoms with Crippen LogP contribution in [0, 0.1) is 5.92 Å². The number of carbonyl (C=O) groups excluding carboxylic acids is 1. The van der Waals surface area contributed by atoms with Crippen LogP contribution < -0.4 is 11.1 Å². The minimum absolute atomic E-state index is 0.220. The Bertz CT molecular complexity index is 1320. The monoisotopic (exact) mass is 442 g/mol. The molecule has 4 aromatic rings. The predicted octanol–water partition coefficient (Wildman–Crippen LogP) is 4.95. The van der Waals surface area contributed by atoms with Crippen LogP contribution in [0.5, 0.6) is 0 Å². The topological polar surface area (TPSA) is 98.2 Å². The molecular formula is C26H30N6O. The second kappa shape index (κ2) is 9.40. The number of nitrogens with zero attached hydrogens (tertiary/aromatic N) is 4. The van der Waals surface area contributed by atoms with Crippen LogP contribution in [0.2, 0.25) is 0 Å². The second-order valence-corrected chi connectivity index (χ2v) is 8.96. The van der Waals surface area contributed by atoms with Gasteiger partial charge >= 0.3 is 0 Å². The van der Waals surface area contributed by atoms with Crippen molar-refractivity contribution >= 4 is 40.1 Å². The lowest BCUT2D eigenvalue weighted by Crippen LogP contribution is -2.26. The van der Waals surface area contributed by atoms with Crippen LogP contribution in [-0.4, -0.2) is 33.3 Å². The molecule has 1 amide bonds. The Labute approximate surface area is 193 Å². The number of carbonyl (C=O) groups is 1. The number of hydrogen-bond donors (Lipinski definition) is 2. The first-order chi connectivity index (χ1) is 15.8. The van der Waals surface area contributed by atoms with Gasteiger partial charge in [0.1, 0.15) is 16.9 Å². The molecule has 0 saturated carbocycles. The summed E-state index contributed by atoms with van der Waals surface area (Å²) in [6, 6.07) is 15.8. The van der Waals surface area contributed by atoms with Crippen molar-refractivity contribution in [2.24, 2.45) is 11.0 Å². The van der Waals surface area contributed by atoms with Crippen molar-refractivity contribution in [2.75, 3.05) is 12.3 Å². The van der Waals surface area contributed by atoms with Gasteiger partial charge in [-0.05, 0) is 41.5 Å². The number of aromatic nitrogens is 3. The van der Waals surface area contributed by atoms with Crippen molar-refractivity contribution in [2.45, 2.75) is 40.0 Å². The first-order valence-electron chi connectivity index (χ1n) is 11.3. The summed E-state index contributed by atoms with van der Waals surface area (Å²) in [5.74, 6) is 0.898. The van der Waals surface area contributed by atoms with E-state index in [2.05, 4.69) is 50.2 Å². The molecule has 0 unspecified atom stereocenters. The zero-order chi connectivity index (χ0) is 23.5. The molecule has 0 atom stereocenters. The first kappa shape index (κ1) is 22.5. The molecule has 7 nitrogen and oxygen atoms in total. The van der Waals surface area contributed by atoms with Crippen molar-refractivity contribution < 1.29 is 4.79 Å². The number of nitrogens with one attached hydrogen (secondary N) is 1. The Morgan fingerprint density at radius 3 is 2.36 bits per heavy atom. The number of anilines is 1. The normalized spacial score (nSPS) is 11.9. The van der Waals surface area contributed by atoms with Crippen LogP contribution in [0.4, 0.5) is 5.82 Å². The third-order valence-corrected chi connectivity index (χ3v) is 5.63. The van der Waals surface area contributed by atoms with Gasteiger partial charge in [0.2, 0.25) is 0 Å². The molecule has 0 spiro atoms. The van der Waals surface area contributed by atoms with Gasteiger partial charge in [-0.2, -0.15) is 9.78 Å². The average molecular weight is 443 g/mol. The standard InChI is InChI=1S/C26H30N6O/c1-16(2)13-14-28-26(33)22-23-25(31-21-8-6-5-7-20(21)30-23)32(24(22)27)29-15-18-9-11-19(12-10-18)17(3)4/h5-12,15-17H,13-14,27H2,1-4H3,(H,28,33). The number of para-hydroxylation sites is 2. The maximum absolute atomic E-state index is 13.1. The van der Waals surface area contributed by atoms with Crippen LogP contribution in [0.1, 0.15) is 61.5 Å². The lowest BCUT2D eigenvalue weighted by atomic mass is 10.0. The van der Waals surface area contributed by atoms with Crippen molar-refractivity contribution in [1.29, 1.82) is 0 Å². The highest BCUT2D eigenvalue weighted by Crippen LogP contribution is 2.28. The van der Waals surface area contributed by atoms with E-state index in [1.165, 1.54) is 10.2 Å². The molecule has 2 aromatic heterocycles. The second-order valence-electron chi connectivity index (χ2n) is 8.96. The molecule has 0 radical (unpaired) electrons. The summed E-state index contributed by atoms with van der Waals surface area (Å²) in [5.41, 5.74) is 11.3. The number of rotatable bonds is 7. The largest absolute Gasteiger partial charge is 0.383 e. The number of hydrogen-bond acceptors (Lipinski definition) is 5. The Hall–Kier alpha value is -3.74. The number of nitrogen functional groups attached to an aromatic ring is 1. The molecule has 170 valence electrons. The SMILES string of the molecule is CC(C)CCNC(=O)c1c(N)n(N=Cc2ccc(C(C)C)cc2)c2nc3ccccc3nc12. The number of fused-ring (bicyclic) bond motifs is 2. The number of amides is 1. The predicted molar refractivity (Wildman–Crippen MR) is 135 cm³/mol. The lowest BCUT2D eigenvalue weighted by Gasteiger charge is -2.07. The zero-order valence-corrected chi connectivity index (χ0v) is 19.5. The summed E-state index contributed by atoms with van der Waals surface area (Å²) in [7, 11) is 0. The van der Waals surface area contributed by atoms with Crippen LogP contribution in [-0.2, 0) is 0 Å². The van der Waals surface area contributed by atoms with Crippen LogP contribution in [0.15, 0.2) is 53.6 Å². The van der Waals surface area contributed by atoms with Crippen molar-refractivity contribution in [3.63, 3.8) is 0 Å². The minimum Gasteiger partial charge on any atom is -0.383 e. The summed E-state index contributed by atoms with van der Waals surface area (Å²) in [5, 5.41) is 7.54. The Kier molecular flexibility index (Phi) is 6.40. The van der Waals surface area contributed by atoms with Gasteiger partial charge in [-0.1, -0.05) is 64.1 Å². The molecular weight excluding hydrogens is 412 g/mol. The van der Waals surface area contributed by atoms with E-state index in [-0.39, 0.29) is 11.7 Å². The summed E-state index contributed by atoms with van der Waals surface area (Å²) in [6.07, 6.45) is 2.60. The molecule has 0 aliphatic carbocycles. The number of nitrogens with two attached hydrogens (primary N) is 1. The average Bonchev–Trinajstić information content (AvgIpc) is 3.06. The zero-order valence-electron chi connectivity index (χ0n) is 19.5. The molecule has 0 bridgehead atoms. The van der Waals surface area contributed by atoms with Gasteiger partial charge < -0.3 is 11.1 Å². The van der Waals surface area contributed by atoms with Gasteiger partial charge in [-0.15, -0.1) is 0 Å². The molecule has 3 N–H and O–H groups in total. The Balaban J connectivity index is 1.78. The fourth-order valence-electron chi connectivity index (χ4n) is 3.64. The van der Waals surface area contributed by atoms with Gasteiger partial charge in [0.05, 0.1) is 17.2 Å². The van der Waals surface area contributed by atoms with Crippen molar-refractivity contribution in [3.8, 4) is 0 Å². The van der Waals surface area contributed by atoms with E-state index in [1.807, 2.05) is 36.4 Å². The van der Waals surface area contributed by atoms with E-state index in [1.54, 1.807) is 6.21 Å². The van der Waals surface area contributed by atoms with E-state index in [9.17, 15) is 4.79 Å². The summed E-state index contributed by atoms with van der Waals surface area (Å²) in [4.78, 5) is 22.5. The third kappa shape index (κ3) is 4.72. The molecule has 4 rings (SSSR count). The van der Waals surface area contributed by atoms with Crippen molar-refractivity contribution in [3.05, 3.63) is 65.2 Å². The van der Waals surface area contributed by atoms with E-state index in [0.29, 0.717) is 46.1 Å².